The SMILES string of the molecule is NC(CNC(=O)c1cc(N2CCCC2=O)cc(C(F)(F)F)c1)c1ccccc1. The summed E-state index contributed by atoms with van der Waals surface area (Å²) < 4.78 is 39.8. The van der Waals surface area contributed by atoms with Crippen molar-refractivity contribution in [1.82, 2.24) is 5.32 Å². The van der Waals surface area contributed by atoms with Crippen LogP contribution in [0.5, 0.6) is 0 Å². The van der Waals surface area contributed by atoms with Crippen LogP contribution in [0.25, 0.3) is 0 Å². The maximum Gasteiger partial charge on any atom is 0.416 e. The molecule has 5 nitrogen and oxygen atoms in total. The zero-order valence-electron chi connectivity index (χ0n) is 15.0. The molecule has 1 atom stereocenters. The average molecular weight is 391 g/mol. The molecule has 148 valence electrons. The molecule has 2 aromatic rings. The summed E-state index contributed by atoms with van der Waals surface area (Å²) in [6.45, 7) is 0.400. The molecule has 1 unspecified atom stereocenters. The third-order valence-corrected chi connectivity index (χ3v) is 4.60. The zero-order valence-corrected chi connectivity index (χ0v) is 15.0. The van der Waals surface area contributed by atoms with Crippen molar-refractivity contribution in [3.8, 4) is 0 Å². The lowest BCUT2D eigenvalue weighted by molar-refractivity contribution is -0.137. The molecule has 0 aromatic heterocycles. The second-order valence-corrected chi connectivity index (χ2v) is 6.64. The van der Waals surface area contributed by atoms with Gasteiger partial charge in [-0.25, -0.2) is 0 Å². The lowest BCUT2D eigenvalue weighted by Crippen LogP contribution is -2.32. The Morgan fingerprint density at radius 1 is 1.18 bits per heavy atom. The van der Waals surface area contributed by atoms with Gasteiger partial charge in [0.1, 0.15) is 0 Å². The van der Waals surface area contributed by atoms with Gasteiger partial charge in [-0.05, 0) is 30.2 Å². The van der Waals surface area contributed by atoms with Crippen LogP contribution in [0, 0.1) is 0 Å². The molecule has 0 saturated carbocycles. The molecule has 1 aliphatic rings. The van der Waals surface area contributed by atoms with Crippen LogP contribution in [0.2, 0.25) is 0 Å². The number of nitrogens with one attached hydrogen (secondary N) is 1. The number of nitrogens with two attached hydrogens (primary N) is 1. The van der Waals surface area contributed by atoms with Gasteiger partial charge in [0, 0.05) is 36.8 Å². The first-order valence-electron chi connectivity index (χ1n) is 8.87. The van der Waals surface area contributed by atoms with Crippen molar-refractivity contribution < 1.29 is 22.8 Å². The molecule has 2 aromatic carbocycles. The molecule has 1 saturated heterocycles. The van der Waals surface area contributed by atoms with E-state index in [1.165, 1.54) is 11.0 Å². The molecule has 3 N–H and O–H groups in total. The fourth-order valence-electron chi connectivity index (χ4n) is 3.11. The topological polar surface area (TPSA) is 75.4 Å². The lowest BCUT2D eigenvalue weighted by atomic mass is 10.1. The van der Waals surface area contributed by atoms with E-state index in [0.717, 1.165) is 17.7 Å². The standard InChI is InChI=1S/C20H20F3N3O2/c21-20(22,23)15-9-14(10-16(11-15)26-8-4-7-18(26)27)19(28)25-12-17(24)13-5-2-1-3-6-13/h1-3,5-6,9-11,17H,4,7-8,12,24H2,(H,25,28). The number of anilines is 1. The molecule has 1 fully saturated rings. The Hall–Kier alpha value is -2.87. The van der Waals surface area contributed by atoms with Crippen LogP contribution >= 0.6 is 0 Å². The second-order valence-electron chi connectivity index (χ2n) is 6.64. The van der Waals surface area contributed by atoms with Gasteiger partial charge in [-0.1, -0.05) is 30.3 Å². The van der Waals surface area contributed by atoms with Gasteiger partial charge in [0.15, 0.2) is 0 Å². The molecule has 0 spiro atoms. The van der Waals surface area contributed by atoms with E-state index in [0.29, 0.717) is 13.0 Å². The van der Waals surface area contributed by atoms with Crippen LogP contribution in [0.1, 0.15) is 40.4 Å². The lowest BCUT2D eigenvalue weighted by Gasteiger charge is -2.19. The number of carbonyl (C=O) groups is 2. The van der Waals surface area contributed by atoms with Crippen LogP contribution in [0.3, 0.4) is 0 Å². The van der Waals surface area contributed by atoms with E-state index in [2.05, 4.69) is 5.32 Å². The molecule has 0 radical (unpaired) electrons. The third kappa shape index (κ3) is 4.51. The van der Waals surface area contributed by atoms with Gasteiger partial charge < -0.3 is 16.0 Å². The molecule has 8 heteroatoms. The van der Waals surface area contributed by atoms with Crippen molar-refractivity contribution in [2.24, 2.45) is 5.73 Å². The van der Waals surface area contributed by atoms with Crippen LogP contribution in [0.4, 0.5) is 18.9 Å². The summed E-state index contributed by atoms with van der Waals surface area (Å²) in [5, 5.41) is 2.57. The Kier molecular flexibility index (Phi) is 5.69. The van der Waals surface area contributed by atoms with Crippen molar-refractivity contribution in [3.63, 3.8) is 0 Å². The smallest absolute Gasteiger partial charge is 0.350 e. The highest BCUT2D eigenvalue weighted by molar-refractivity contribution is 5.99. The Labute approximate surface area is 160 Å². The van der Waals surface area contributed by atoms with Crippen molar-refractivity contribution in [3.05, 3.63) is 65.2 Å². The predicted octanol–water partition coefficient (Wildman–Crippen LogP) is 3.26. The van der Waals surface area contributed by atoms with Gasteiger partial charge in [-0.3, -0.25) is 9.59 Å². The highest BCUT2D eigenvalue weighted by Crippen LogP contribution is 2.34. The predicted molar refractivity (Wildman–Crippen MR) is 98.7 cm³/mol. The number of hydrogen-bond donors (Lipinski definition) is 2. The summed E-state index contributed by atoms with van der Waals surface area (Å²) in [6.07, 6.45) is -3.78. The van der Waals surface area contributed by atoms with E-state index in [-0.39, 0.29) is 30.1 Å². The van der Waals surface area contributed by atoms with Crippen LogP contribution in [-0.2, 0) is 11.0 Å². The zero-order chi connectivity index (χ0) is 20.3. The van der Waals surface area contributed by atoms with Crippen LogP contribution in [0.15, 0.2) is 48.5 Å². The largest absolute Gasteiger partial charge is 0.416 e. The average Bonchev–Trinajstić information content (AvgIpc) is 3.11. The number of carbonyl (C=O) groups excluding carboxylic acids is 2. The van der Waals surface area contributed by atoms with Crippen LogP contribution < -0.4 is 16.0 Å². The molecule has 0 bridgehead atoms. The van der Waals surface area contributed by atoms with Crippen LogP contribution in [-0.4, -0.2) is 24.9 Å². The van der Waals surface area contributed by atoms with E-state index in [1.807, 2.05) is 18.2 Å². The molecule has 1 aliphatic heterocycles. The summed E-state index contributed by atoms with van der Waals surface area (Å²) in [6, 6.07) is 11.6. The molecule has 1 heterocycles. The van der Waals surface area contributed by atoms with Gasteiger partial charge in [0.25, 0.3) is 5.91 Å². The summed E-state index contributed by atoms with van der Waals surface area (Å²) in [5.41, 5.74) is 5.77. The van der Waals surface area contributed by atoms with Crippen molar-refractivity contribution >= 4 is 17.5 Å². The fraction of sp³-hybridized carbons (Fsp3) is 0.300. The van der Waals surface area contributed by atoms with E-state index in [1.54, 1.807) is 12.1 Å². The number of halogens is 3. The first-order chi connectivity index (χ1) is 13.3. The van der Waals surface area contributed by atoms with E-state index in [9.17, 15) is 22.8 Å². The van der Waals surface area contributed by atoms with Crippen molar-refractivity contribution in [1.29, 1.82) is 0 Å². The third-order valence-electron chi connectivity index (χ3n) is 4.60. The highest BCUT2D eigenvalue weighted by Gasteiger charge is 2.33. The molecule has 28 heavy (non-hydrogen) atoms. The second kappa shape index (κ2) is 8.02. The first-order valence-corrected chi connectivity index (χ1v) is 8.87. The Morgan fingerprint density at radius 3 is 2.50 bits per heavy atom. The van der Waals surface area contributed by atoms with Gasteiger partial charge in [0.2, 0.25) is 5.91 Å². The summed E-state index contributed by atoms with van der Waals surface area (Å²) in [5.74, 6) is -0.929. The molecular weight excluding hydrogens is 371 g/mol. The minimum absolute atomic E-state index is 0.0665. The minimum Gasteiger partial charge on any atom is -0.350 e. The van der Waals surface area contributed by atoms with E-state index < -0.39 is 23.7 Å². The first kappa shape index (κ1) is 19.9. The van der Waals surface area contributed by atoms with Gasteiger partial charge in [-0.15, -0.1) is 0 Å². The van der Waals surface area contributed by atoms with Gasteiger partial charge >= 0.3 is 6.18 Å². The number of rotatable bonds is 5. The molecule has 0 aliphatic carbocycles. The molecule has 3 rings (SSSR count). The molecule has 2 amide bonds. The molecular formula is C20H20F3N3O2. The Balaban J connectivity index is 1.81. The number of benzene rings is 2. The van der Waals surface area contributed by atoms with E-state index >= 15 is 0 Å². The van der Waals surface area contributed by atoms with Gasteiger partial charge in [-0.2, -0.15) is 13.2 Å². The quantitative estimate of drug-likeness (QED) is 0.822. The summed E-state index contributed by atoms with van der Waals surface area (Å²) >= 11 is 0. The summed E-state index contributed by atoms with van der Waals surface area (Å²) in [7, 11) is 0. The highest BCUT2D eigenvalue weighted by atomic mass is 19.4. The van der Waals surface area contributed by atoms with Crippen molar-refractivity contribution in [2.75, 3.05) is 18.0 Å². The maximum atomic E-state index is 13.3. The van der Waals surface area contributed by atoms with E-state index in [4.69, 9.17) is 5.73 Å². The number of amides is 2. The number of nitrogens with zero attached hydrogens (tertiary/aromatic N) is 1. The summed E-state index contributed by atoms with van der Waals surface area (Å²) in [4.78, 5) is 25.7. The fourth-order valence-corrected chi connectivity index (χ4v) is 3.11. The maximum absolute atomic E-state index is 13.3. The number of hydrogen-bond acceptors (Lipinski definition) is 3. The monoisotopic (exact) mass is 391 g/mol. The normalized spacial score (nSPS) is 15.6. The Bertz CT molecular complexity index is 869. The minimum atomic E-state index is -4.63. The van der Waals surface area contributed by atoms with Gasteiger partial charge in [0.05, 0.1) is 5.56 Å². The Morgan fingerprint density at radius 2 is 1.89 bits per heavy atom. The number of alkyl halides is 3. The van der Waals surface area contributed by atoms with Crippen molar-refractivity contribution in [2.45, 2.75) is 25.1 Å².